The van der Waals surface area contributed by atoms with Crippen LogP contribution in [0.25, 0.3) is 0 Å². The summed E-state index contributed by atoms with van der Waals surface area (Å²) in [5, 5.41) is 5.91. The zero-order valence-corrected chi connectivity index (χ0v) is 17.1. The minimum atomic E-state index is -0.289. The number of aromatic nitrogens is 1. The molecule has 2 N–H and O–H groups in total. The van der Waals surface area contributed by atoms with E-state index in [4.69, 9.17) is 4.74 Å². The Bertz CT molecular complexity index is 833. The standard InChI is InChI=1S/C23H29N3O3/c1-16(17-7-4-3-5-8-17)20-13-18(14-21(26-20)23(28)24-2)22(27)10-6-9-19-15-25-11-12-29-19/h3-5,7-8,13-14,16,19,25H,6,9-12,15H2,1-2H3,(H,24,28). The van der Waals surface area contributed by atoms with E-state index in [-0.39, 0.29) is 29.4 Å². The van der Waals surface area contributed by atoms with Crippen LogP contribution in [0.4, 0.5) is 0 Å². The Morgan fingerprint density at radius 3 is 2.76 bits per heavy atom. The van der Waals surface area contributed by atoms with Crippen molar-refractivity contribution >= 4 is 11.7 Å². The first-order valence-corrected chi connectivity index (χ1v) is 10.2. The van der Waals surface area contributed by atoms with Gasteiger partial charge in [0, 0.05) is 43.7 Å². The van der Waals surface area contributed by atoms with Crippen LogP contribution in [0.2, 0.25) is 0 Å². The Morgan fingerprint density at radius 1 is 1.28 bits per heavy atom. The molecule has 6 nitrogen and oxygen atoms in total. The zero-order chi connectivity index (χ0) is 20.6. The van der Waals surface area contributed by atoms with Crippen molar-refractivity contribution in [1.82, 2.24) is 15.6 Å². The molecule has 1 aliphatic rings. The molecule has 0 spiro atoms. The molecule has 1 amide bonds. The first-order valence-electron chi connectivity index (χ1n) is 10.2. The van der Waals surface area contributed by atoms with Gasteiger partial charge in [-0.2, -0.15) is 0 Å². The maximum absolute atomic E-state index is 12.8. The van der Waals surface area contributed by atoms with Crippen LogP contribution in [0.15, 0.2) is 42.5 Å². The van der Waals surface area contributed by atoms with Gasteiger partial charge in [0.15, 0.2) is 5.78 Å². The average Bonchev–Trinajstić information content (AvgIpc) is 2.79. The second kappa shape index (κ2) is 10.3. The van der Waals surface area contributed by atoms with Gasteiger partial charge in [0.1, 0.15) is 5.69 Å². The van der Waals surface area contributed by atoms with E-state index in [0.29, 0.717) is 12.0 Å². The highest BCUT2D eigenvalue weighted by atomic mass is 16.5. The number of pyridine rings is 1. The van der Waals surface area contributed by atoms with Crippen molar-refractivity contribution in [3.63, 3.8) is 0 Å². The molecule has 154 valence electrons. The number of ketones is 1. The molecule has 29 heavy (non-hydrogen) atoms. The average molecular weight is 396 g/mol. The highest BCUT2D eigenvalue weighted by Gasteiger charge is 2.19. The van der Waals surface area contributed by atoms with Crippen molar-refractivity contribution in [1.29, 1.82) is 0 Å². The lowest BCUT2D eigenvalue weighted by molar-refractivity contribution is 0.0222. The molecule has 2 unspecified atom stereocenters. The third-order valence-electron chi connectivity index (χ3n) is 5.30. The fourth-order valence-corrected chi connectivity index (χ4v) is 3.53. The molecule has 6 heteroatoms. The Labute approximate surface area is 172 Å². The van der Waals surface area contributed by atoms with Crippen LogP contribution in [-0.4, -0.2) is 49.5 Å². The molecule has 1 fully saturated rings. The van der Waals surface area contributed by atoms with E-state index in [2.05, 4.69) is 15.6 Å². The van der Waals surface area contributed by atoms with E-state index < -0.39 is 0 Å². The van der Waals surface area contributed by atoms with E-state index >= 15 is 0 Å². The highest BCUT2D eigenvalue weighted by Crippen LogP contribution is 2.24. The van der Waals surface area contributed by atoms with Crippen molar-refractivity contribution in [2.24, 2.45) is 0 Å². The Kier molecular flexibility index (Phi) is 7.49. The van der Waals surface area contributed by atoms with Crippen molar-refractivity contribution < 1.29 is 14.3 Å². The molecule has 1 saturated heterocycles. The first kappa shape index (κ1) is 21.1. The molecule has 2 heterocycles. The molecule has 3 rings (SSSR count). The van der Waals surface area contributed by atoms with Crippen molar-refractivity contribution in [3.8, 4) is 0 Å². The molecule has 2 aromatic rings. The Hall–Kier alpha value is -2.57. The van der Waals surface area contributed by atoms with Gasteiger partial charge in [-0.3, -0.25) is 9.59 Å². The number of rotatable bonds is 8. The third-order valence-corrected chi connectivity index (χ3v) is 5.30. The fraction of sp³-hybridized carbons (Fsp3) is 0.435. The van der Waals surface area contributed by atoms with Crippen LogP contribution >= 0.6 is 0 Å². The topological polar surface area (TPSA) is 80.3 Å². The Morgan fingerprint density at radius 2 is 2.07 bits per heavy atom. The number of Topliss-reactive ketones (excluding diaryl/α,β-unsaturated/α-hetero) is 1. The number of ether oxygens (including phenoxy) is 1. The number of morpholine rings is 1. The van der Waals surface area contributed by atoms with Crippen LogP contribution < -0.4 is 10.6 Å². The lowest BCUT2D eigenvalue weighted by Crippen LogP contribution is -2.38. The van der Waals surface area contributed by atoms with Crippen molar-refractivity contribution in [2.75, 3.05) is 26.7 Å². The predicted octanol–water partition coefficient (Wildman–Crippen LogP) is 2.93. The minimum Gasteiger partial charge on any atom is -0.376 e. The zero-order valence-electron chi connectivity index (χ0n) is 17.1. The number of nitrogens with zero attached hydrogens (tertiary/aromatic N) is 1. The van der Waals surface area contributed by atoms with Gasteiger partial charge in [-0.1, -0.05) is 37.3 Å². The summed E-state index contributed by atoms with van der Waals surface area (Å²) in [5.41, 5.74) is 2.63. The maximum Gasteiger partial charge on any atom is 0.269 e. The number of nitrogens with one attached hydrogen (secondary N) is 2. The predicted molar refractivity (Wildman–Crippen MR) is 112 cm³/mol. The van der Waals surface area contributed by atoms with Crippen LogP contribution in [-0.2, 0) is 4.74 Å². The normalized spacial score (nSPS) is 17.5. The molecule has 2 atom stereocenters. The summed E-state index contributed by atoms with van der Waals surface area (Å²) in [7, 11) is 1.57. The number of amides is 1. The minimum absolute atomic E-state index is 0.0194. The summed E-state index contributed by atoms with van der Waals surface area (Å²) in [4.78, 5) is 29.6. The summed E-state index contributed by atoms with van der Waals surface area (Å²) >= 11 is 0. The SMILES string of the molecule is CNC(=O)c1cc(C(=O)CCCC2CNCCO2)cc(C(C)c2ccccc2)n1. The van der Waals surface area contributed by atoms with Gasteiger partial charge in [-0.25, -0.2) is 4.98 Å². The van der Waals surface area contributed by atoms with Gasteiger partial charge in [0.25, 0.3) is 5.91 Å². The van der Waals surface area contributed by atoms with E-state index in [1.54, 1.807) is 13.1 Å². The molecule has 1 aromatic carbocycles. The van der Waals surface area contributed by atoms with Crippen molar-refractivity contribution in [2.45, 2.75) is 38.2 Å². The largest absolute Gasteiger partial charge is 0.376 e. The lowest BCUT2D eigenvalue weighted by Gasteiger charge is -2.23. The van der Waals surface area contributed by atoms with E-state index in [1.165, 1.54) is 0 Å². The number of carbonyl (C=O) groups excluding carboxylic acids is 2. The van der Waals surface area contributed by atoms with E-state index in [0.717, 1.165) is 43.8 Å². The smallest absolute Gasteiger partial charge is 0.269 e. The van der Waals surface area contributed by atoms with E-state index in [9.17, 15) is 9.59 Å². The number of hydrogen-bond donors (Lipinski definition) is 2. The van der Waals surface area contributed by atoms with Gasteiger partial charge >= 0.3 is 0 Å². The van der Waals surface area contributed by atoms with Gasteiger partial charge in [0.2, 0.25) is 0 Å². The monoisotopic (exact) mass is 395 g/mol. The second-order valence-electron chi connectivity index (χ2n) is 7.39. The summed E-state index contributed by atoms with van der Waals surface area (Å²) < 4.78 is 5.69. The lowest BCUT2D eigenvalue weighted by atomic mass is 9.94. The van der Waals surface area contributed by atoms with Crippen LogP contribution in [0.3, 0.4) is 0 Å². The maximum atomic E-state index is 12.8. The molecule has 0 bridgehead atoms. The quantitative estimate of drug-likeness (QED) is 0.672. The first-order chi connectivity index (χ1) is 14.1. The molecule has 0 saturated carbocycles. The third kappa shape index (κ3) is 5.71. The molecular formula is C23H29N3O3. The summed E-state index contributed by atoms with van der Waals surface area (Å²) in [5.74, 6) is -0.278. The molecule has 0 radical (unpaired) electrons. The summed E-state index contributed by atoms with van der Waals surface area (Å²) in [6.07, 6.45) is 2.20. The number of carbonyl (C=O) groups is 2. The van der Waals surface area contributed by atoms with Crippen LogP contribution in [0.5, 0.6) is 0 Å². The number of benzene rings is 1. The second-order valence-corrected chi connectivity index (χ2v) is 7.39. The summed E-state index contributed by atoms with van der Waals surface area (Å²) in [6, 6.07) is 13.4. The Balaban J connectivity index is 1.75. The van der Waals surface area contributed by atoms with Crippen molar-refractivity contribution in [3.05, 3.63) is 65.0 Å². The highest BCUT2D eigenvalue weighted by molar-refractivity contribution is 5.99. The van der Waals surface area contributed by atoms with Crippen LogP contribution in [0.1, 0.15) is 64.2 Å². The molecular weight excluding hydrogens is 366 g/mol. The van der Waals surface area contributed by atoms with Gasteiger partial charge in [0.05, 0.1) is 12.7 Å². The van der Waals surface area contributed by atoms with Gasteiger partial charge in [-0.15, -0.1) is 0 Å². The molecule has 0 aliphatic carbocycles. The molecule has 1 aliphatic heterocycles. The summed E-state index contributed by atoms with van der Waals surface area (Å²) in [6.45, 7) is 4.48. The van der Waals surface area contributed by atoms with E-state index in [1.807, 2.05) is 43.3 Å². The van der Waals surface area contributed by atoms with Gasteiger partial charge < -0.3 is 15.4 Å². The van der Waals surface area contributed by atoms with Gasteiger partial charge in [-0.05, 0) is 30.5 Å². The number of hydrogen-bond acceptors (Lipinski definition) is 5. The molecule has 1 aromatic heterocycles. The van der Waals surface area contributed by atoms with Crippen LogP contribution in [0, 0.1) is 0 Å². The fourth-order valence-electron chi connectivity index (χ4n) is 3.53.